The third-order valence-electron chi connectivity index (χ3n) is 5.98. The Morgan fingerprint density at radius 3 is 2.65 bits per heavy atom. The predicted octanol–water partition coefficient (Wildman–Crippen LogP) is 2.87. The molecule has 0 saturated heterocycles. The molecule has 0 fully saturated rings. The first-order valence-electron chi connectivity index (χ1n) is 11.0. The smallest absolute Gasteiger partial charge is 0.328 e. The molecule has 34 heavy (non-hydrogen) atoms. The number of ether oxygens (including phenoxy) is 3. The van der Waals surface area contributed by atoms with Gasteiger partial charge in [0, 0.05) is 30.6 Å². The van der Waals surface area contributed by atoms with Gasteiger partial charge in [0.25, 0.3) is 0 Å². The van der Waals surface area contributed by atoms with E-state index >= 15 is 0 Å². The van der Waals surface area contributed by atoms with Gasteiger partial charge in [-0.3, -0.25) is 0 Å². The number of hydrogen-bond acceptors (Lipinski definition) is 6. The summed E-state index contributed by atoms with van der Waals surface area (Å²) in [5.74, 6) is 0.730. The van der Waals surface area contributed by atoms with Gasteiger partial charge in [0.05, 0.1) is 33.4 Å². The number of nitrogens with one attached hydrogen (secondary N) is 2. The molecule has 2 heterocycles. The number of fused-ring (bicyclic) bond motifs is 1. The van der Waals surface area contributed by atoms with E-state index in [4.69, 9.17) is 14.2 Å². The van der Waals surface area contributed by atoms with Gasteiger partial charge in [-0.25, -0.2) is 14.6 Å². The first kappa shape index (κ1) is 23.2. The van der Waals surface area contributed by atoms with Crippen LogP contribution in [0.5, 0.6) is 11.5 Å². The summed E-state index contributed by atoms with van der Waals surface area (Å²) in [5.41, 5.74) is 3.33. The van der Waals surface area contributed by atoms with Crippen molar-refractivity contribution in [2.45, 2.75) is 24.9 Å². The number of hydrogen-bond donors (Lipinski definition) is 2. The molecule has 0 radical (unpaired) electrons. The van der Waals surface area contributed by atoms with Crippen molar-refractivity contribution in [3.63, 3.8) is 0 Å². The van der Waals surface area contributed by atoms with E-state index < -0.39 is 24.1 Å². The second kappa shape index (κ2) is 10.3. The van der Waals surface area contributed by atoms with Gasteiger partial charge in [0.2, 0.25) is 0 Å². The van der Waals surface area contributed by atoms with E-state index in [1.165, 1.54) is 7.11 Å². The lowest BCUT2D eigenvalue weighted by atomic mass is 9.94. The number of nitrogens with zero attached hydrogens (tertiary/aromatic N) is 2. The number of imidazole rings is 1. The second-order valence-electron chi connectivity index (χ2n) is 7.94. The summed E-state index contributed by atoms with van der Waals surface area (Å²) < 4.78 is 16.0. The van der Waals surface area contributed by atoms with Crippen LogP contribution in [0.4, 0.5) is 4.79 Å². The zero-order valence-electron chi connectivity index (χ0n) is 19.4. The molecule has 0 unspecified atom stereocenters. The monoisotopic (exact) mass is 464 g/mol. The van der Waals surface area contributed by atoms with Gasteiger partial charge in [-0.1, -0.05) is 30.3 Å². The SMILES string of the molecule is COC(=O)[C@H](Cc1ccccc1)NC(=O)N1CCc2[nH]cnc2[C@H]1c1cc(OC)ccc1OC. The minimum atomic E-state index is -0.840. The van der Waals surface area contributed by atoms with Crippen molar-refractivity contribution in [1.82, 2.24) is 20.2 Å². The van der Waals surface area contributed by atoms with Crippen LogP contribution >= 0.6 is 0 Å². The van der Waals surface area contributed by atoms with Gasteiger partial charge in [-0.2, -0.15) is 0 Å². The van der Waals surface area contributed by atoms with Crippen molar-refractivity contribution >= 4 is 12.0 Å². The van der Waals surface area contributed by atoms with Gasteiger partial charge in [-0.05, 0) is 23.8 Å². The molecule has 9 nitrogen and oxygen atoms in total. The highest BCUT2D eigenvalue weighted by atomic mass is 16.5. The maximum absolute atomic E-state index is 13.6. The number of aromatic amines is 1. The van der Waals surface area contributed by atoms with Crippen LogP contribution in [0.25, 0.3) is 0 Å². The van der Waals surface area contributed by atoms with Crippen molar-refractivity contribution in [1.29, 1.82) is 0 Å². The fourth-order valence-corrected chi connectivity index (χ4v) is 4.28. The minimum absolute atomic E-state index is 0.313. The van der Waals surface area contributed by atoms with Crippen LogP contribution in [0.1, 0.15) is 28.6 Å². The molecular weight excluding hydrogens is 436 g/mol. The third-order valence-corrected chi connectivity index (χ3v) is 5.98. The molecule has 0 spiro atoms. The van der Waals surface area contributed by atoms with Gasteiger partial charge in [0.15, 0.2) is 0 Å². The zero-order chi connectivity index (χ0) is 24.1. The number of benzene rings is 2. The van der Waals surface area contributed by atoms with Crippen LogP contribution in [0, 0.1) is 0 Å². The number of rotatable bonds is 7. The highest BCUT2D eigenvalue weighted by molar-refractivity contribution is 5.84. The molecule has 1 aliphatic heterocycles. The Bertz CT molecular complexity index is 1150. The lowest BCUT2D eigenvalue weighted by Crippen LogP contribution is -2.52. The molecule has 178 valence electrons. The van der Waals surface area contributed by atoms with Crippen LogP contribution < -0.4 is 14.8 Å². The van der Waals surface area contributed by atoms with Gasteiger partial charge >= 0.3 is 12.0 Å². The molecule has 2 amide bonds. The number of amides is 2. The van der Waals surface area contributed by atoms with Gasteiger partial charge in [0.1, 0.15) is 23.6 Å². The predicted molar refractivity (Wildman–Crippen MR) is 125 cm³/mol. The van der Waals surface area contributed by atoms with Crippen molar-refractivity contribution in [3.8, 4) is 11.5 Å². The average Bonchev–Trinajstić information content (AvgIpc) is 3.36. The van der Waals surface area contributed by atoms with Crippen molar-refractivity contribution in [3.05, 3.63) is 77.4 Å². The summed E-state index contributed by atoms with van der Waals surface area (Å²) in [4.78, 5) is 35.5. The van der Waals surface area contributed by atoms with E-state index in [1.54, 1.807) is 37.6 Å². The fraction of sp³-hybridized carbons (Fsp3) is 0.320. The normalized spacial score (nSPS) is 15.7. The van der Waals surface area contributed by atoms with E-state index in [2.05, 4.69) is 15.3 Å². The fourth-order valence-electron chi connectivity index (χ4n) is 4.28. The van der Waals surface area contributed by atoms with Gasteiger partial charge in [-0.15, -0.1) is 0 Å². The molecule has 4 rings (SSSR count). The number of aromatic nitrogens is 2. The van der Waals surface area contributed by atoms with E-state index in [-0.39, 0.29) is 0 Å². The number of H-pyrrole nitrogens is 1. The van der Waals surface area contributed by atoms with Gasteiger partial charge < -0.3 is 29.4 Å². The van der Waals surface area contributed by atoms with E-state index in [9.17, 15) is 9.59 Å². The van der Waals surface area contributed by atoms with Crippen LogP contribution in [0.15, 0.2) is 54.9 Å². The molecule has 0 saturated carbocycles. The Morgan fingerprint density at radius 1 is 1.15 bits per heavy atom. The molecule has 0 bridgehead atoms. The largest absolute Gasteiger partial charge is 0.497 e. The molecule has 1 aliphatic rings. The Hall–Kier alpha value is -4.01. The maximum atomic E-state index is 13.6. The topological polar surface area (TPSA) is 106 Å². The lowest BCUT2D eigenvalue weighted by molar-refractivity contribution is -0.142. The van der Waals surface area contributed by atoms with Crippen LogP contribution in [-0.4, -0.2) is 60.8 Å². The first-order valence-corrected chi connectivity index (χ1v) is 11.0. The lowest BCUT2D eigenvalue weighted by Gasteiger charge is -2.36. The third kappa shape index (κ3) is 4.68. The summed E-state index contributed by atoms with van der Waals surface area (Å²) in [6.07, 6.45) is 2.54. The number of carbonyl (C=O) groups excluding carboxylic acids is 2. The van der Waals surface area contributed by atoms with E-state index in [1.807, 2.05) is 36.4 Å². The summed E-state index contributed by atoms with van der Waals surface area (Å²) in [5, 5.41) is 2.88. The molecule has 1 aromatic heterocycles. The zero-order valence-corrected chi connectivity index (χ0v) is 19.4. The molecule has 3 aromatic rings. The maximum Gasteiger partial charge on any atom is 0.328 e. The number of urea groups is 1. The number of carbonyl (C=O) groups is 2. The van der Waals surface area contributed by atoms with E-state index in [0.717, 1.165) is 22.5 Å². The molecule has 2 atom stereocenters. The standard InChI is InChI=1S/C25H28N4O5/c1-32-17-9-10-21(33-2)18(14-17)23-22-19(26-15-27-22)11-12-29(23)25(31)28-20(24(30)34-3)13-16-7-5-4-6-8-16/h4-10,14-15,20,23H,11-13H2,1-3H3,(H,26,27)(H,28,31)/t20-,23+/m0/s1. The van der Waals surface area contributed by atoms with Crippen molar-refractivity contribution in [2.75, 3.05) is 27.9 Å². The van der Waals surface area contributed by atoms with E-state index in [0.29, 0.717) is 30.9 Å². The Morgan fingerprint density at radius 2 is 1.94 bits per heavy atom. The first-order chi connectivity index (χ1) is 16.5. The average molecular weight is 465 g/mol. The Kier molecular flexibility index (Phi) is 7.01. The highest BCUT2D eigenvalue weighted by Crippen LogP contribution is 2.39. The van der Waals surface area contributed by atoms with Crippen LogP contribution in [-0.2, 0) is 22.4 Å². The number of esters is 1. The summed E-state index contributed by atoms with van der Waals surface area (Å²) in [6, 6.07) is 13.2. The molecule has 0 aliphatic carbocycles. The summed E-state index contributed by atoms with van der Waals surface area (Å²) >= 11 is 0. The number of methoxy groups -OCH3 is 3. The summed E-state index contributed by atoms with van der Waals surface area (Å²) in [6.45, 7) is 0.422. The molecule has 9 heteroatoms. The second-order valence-corrected chi connectivity index (χ2v) is 7.94. The summed E-state index contributed by atoms with van der Waals surface area (Å²) in [7, 11) is 4.48. The van der Waals surface area contributed by atoms with Crippen molar-refractivity contribution in [2.24, 2.45) is 0 Å². The Labute approximate surface area is 198 Å². The Balaban J connectivity index is 1.67. The van der Waals surface area contributed by atoms with Crippen LogP contribution in [0.3, 0.4) is 0 Å². The highest BCUT2D eigenvalue weighted by Gasteiger charge is 2.37. The van der Waals surface area contributed by atoms with Crippen molar-refractivity contribution < 1.29 is 23.8 Å². The minimum Gasteiger partial charge on any atom is -0.497 e. The molecule has 2 aromatic carbocycles. The molecular formula is C25H28N4O5. The quantitative estimate of drug-likeness (QED) is 0.521. The van der Waals surface area contributed by atoms with Crippen LogP contribution in [0.2, 0.25) is 0 Å². The molecule has 2 N–H and O–H groups in total.